The van der Waals surface area contributed by atoms with Gasteiger partial charge in [0.2, 0.25) is 5.88 Å². The first-order valence-corrected chi connectivity index (χ1v) is 8.19. The first-order valence-electron chi connectivity index (χ1n) is 8.19. The van der Waals surface area contributed by atoms with Crippen LogP contribution in [0.3, 0.4) is 0 Å². The number of pyridine rings is 1. The lowest BCUT2D eigenvalue weighted by Gasteiger charge is -2.28. The van der Waals surface area contributed by atoms with Crippen molar-refractivity contribution in [2.45, 2.75) is 70.6 Å². The molecule has 0 saturated heterocycles. The fourth-order valence-electron chi connectivity index (χ4n) is 3.05. The van der Waals surface area contributed by atoms with Gasteiger partial charge in [-0.1, -0.05) is 25.8 Å². The van der Waals surface area contributed by atoms with Crippen LogP contribution in [0.4, 0.5) is 0 Å². The highest BCUT2D eigenvalue weighted by Gasteiger charge is 2.23. The minimum atomic E-state index is 0.368. The maximum atomic E-state index is 6.11. The number of aromatic nitrogens is 1. The maximum absolute atomic E-state index is 6.11. The van der Waals surface area contributed by atoms with E-state index in [4.69, 9.17) is 4.74 Å². The molecule has 1 aromatic heterocycles. The summed E-state index contributed by atoms with van der Waals surface area (Å²) in [5.74, 6) is 1.65. The molecule has 3 nitrogen and oxygen atoms in total. The quantitative estimate of drug-likeness (QED) is 0.859. The number of hydrogen-bond acceptors (Lipinski definition) is 3. The second-order valence-corrected chi connectivity index (χ2v) is 6.30. The van der Waals surface area contributed by atoms with E-state index in [9.17, 15) is 0 Å². The van der Waals surface area contributed by atoms with Gasteiger partial charge in [-0.2, -0.15) is 0 Å². The van der Waals surface area contributed by atoms with Crippen LogP contribution in [0.2, 0.25) is 0 Å². The van der Waals surface area contributed by atoms with Crippen molar-refractivity contribution >= 4 is 0 Å². The number of nitrogens with zero attached hydrogens (tertiary/aromatic N) is 1. The highest BCUT2D eigenvalue weighted by Crippen LogP contribution is 2.29. The monoisotopic (exact) mass is 274 g/mol. The van der Waals surface area contributed by atoms with Gasteiger partial charge in [0.25, 0.3) is 0 Å². The number of hydrogen-bond donors (Lipinski definition) is 1. The molecule has 0 aliphatic heterocycles. The van der Waals surface area contributed by atoms with Crippen LogP contribution < -0.4 is 10.1 Å². The molecule has 1 N–H and O–H groups in total. The Morgan fingerprint density at radius 3 is 2.95 bits per heavy atom. The van der Waals surface area contributed by atoms with Crippen LogP contribution in [0.5, 0.6) is 5.88 Å². The summed E-state index contributed by atoms with van der Waals surface area (Å²) in [6.07, 6.45) is 9.33. The Morgan fingerprint density at radius 1 is 1.25 bits per heavy atom. The molecule has 0 radical (unpaired) electrons. The van der Waals surface area contributed by atoms with E-state index in [-0.39, 0.29) is 0 Å². The predicted molar refractivity (Wildman–Crippen MR) is 80.8 cm³/mol. The van der Waals surface area contributed by atoms with Gasteiger partial charge >= 0.3 is 0 Å². The third-order valence-electron chi connectivity index (χ3n) is 4.53. The van der Waals surface area contributed by atoms with Gasteiger partial charge in [0.15, 0.2) is 0 Å². The summed E-state index contributed by atoms with van der Waals surface area (Å²) in [6, 6.07) is 6.87. The Morgan fingerprint density at radius 2 is 2.15 bits per heavy atom. The molecule has 2 saturated carbocycles. The van der Waals surface area contributed by atoms with Crippen LogP contribution in [0.15, 0.2) is 18.2 Å². The molecule has 2 fully saturated rings. The highest BCUT2D eigenvalue weighted by atomic mass is 16.5. The Bertz CT molecular complexity index is 431. The summed E-state index contributed by atoms with van der Waals surface area (Å²) in [5, 5.41) is 3.50. The maximum Gasteiger partial charge on any atom is 0.213 e. The topological polar surface area (TPSA) is 34.1 Å². The molecule has 1 aromatic rings. The lowest BCUT2D eigenvalue weighted by Crippen LogP contribution is -2.25. The minimum Gasteiger partial charge on any atom is -0.474 e. The largest absolute Gasteiger partial charge is 0.474 e. The molecule has 20 heavy (non-hydrogen) atoms. The van der Waals surface area contributed by atoms with Crippen LogP contribution in [0, 0.1) is 5.92 Å². The van der Waals surface area contributed by atoms with Gasteiger partial charge in [0.05, 0.1) is 5.69 Å². The normalized spacial score (nSPS) is 26.4. The van der Waals surface area contributed by atoms with Crippen LogP contribution in [-0.2, 0) is 6.54 Å². The standard InChI is InChI=1S/C17H26N2O/c1-2-13-5-3-7-16(11-13)20-17-8-4-6-15(19-17)12-18-14-9-10-14/h4,6,8,13-14,16,18H,2-3,5,7,9-12H2,1H3. The summed E-state index contributed by atoms with van der Waals surface area (Å²) in [7, 11) is 0. The number of nitrogens with one attached hydrogen (secondary N) is 1. The van der Waals surface area contributed by atoms with Crippen LogP contribution >= 0.6 is 0 Å². The fourth-order valence-corrected chi connectivity index (χ4v) is 3.05. The van der Waals surface area contributed by atoms with Gasteiger partial charge in [-0.3, -0.25) is 0 Å². The van der Waals surface area contributed by atoms with Crippen molar-refractivity contribution in [1.82, 2.24) is 10.3 Å². The lowest BCUT2D eigenvalue weighted by molar-refractivity contribution is 0.117. The molecule has 2 atom stereocenters. The lowest BCUT2D eigenvalue weighted by atomic mass is 9.85. The minimum absolute atomic E-state index is 0.368. The molecule has 0 bridgehead atoms. The van der Waals surface area contributed by atoms with Crippen LogP contribution in [0.25, 0.3) is 0 Å². The SMILES string of the molecule is CCC1CCCC(Oc2cccc(CNC3CC3)n2)C1. The van der Waals surface area contributed by atoms with E-state index in [1.165, 1.54) is 44.9 Å². The zero-order valence-electron chi connectivity index (χ0n) is 12.5. The van der Waals surface area contributed by atoms with Gasteiger partial charge in [-0.05, 0) is 44.1 Å². The van der Waals surface area contributed by atoms with Gasteiger partial charge in [0, 0.05) is 18.7 Å². The average molecular weight is 274 g/mol. The third kappa shape index (κ3) is 3.95. The van der Waals surface area contributed by atoms with Crippen molar-refractivity contribution in [3.8, 4) is 5.88 Å². The van der Waals surface area contributed by atoms with Gasteiger partial charge in [-0.25, -0.2) is 4.98 Å². The second-order valence-electron chi connectivity index (χ2n) is 6.30. The number of rotatable bonds is 6. The first kappa shape index (κ1) is 13.9. The summed E-state index contributed by atoms with van der Waals surface area (Å²) in [5.41, 5.74) is 1.09. The van der Waals surface area contributed by atoms with Crippen LogP contribution in [-0.4, -0.2) is 17.1 Å². The van der Waals surface area contributed by atoms with E-state index >= 15 is 0 Å². The zero-order chi connectivity index (χ0) is 13.8. The molecule has 0 aromatic carbocycles. The van der Waals surface area contributed by atoms with Gasteiger partial charge in [-0.15, -0.1) is 0 Å². The van der Waals surface area contributed by atoms with E-state index in [2.05, 4.69) is 29.4 Å². The van der Waals surface area contributed by atoms with E-state index in [1.807, 2.05) is 6.07 Å². The van der Waals surface area contributed by atoms with E-state index in [0.717, 1.165) is 30.1 Å². The molecule has 2 aliphatic rings. The van der Waals surface area contributed by atoms with Crippen LogP contribution in [0.1, 0.15) is 57.6 Å². The van der Waals surface area contributed by atoms with E-state index in [1.54, 1.807) is 0 Å². The van der Waals surface area contributed by atoms with E-state index in [0.29, 0.717) is 6.10 Å². The molecule has 110 valence electrons. The van der Waals surface area contributed by atoms with E-state index < -0.39 is 0 Å². The van der Waals surface area contributed by atoms with Crippen molar-refractivity contribution in [3.63, 3.8) is 0 Å². The Labute approximate surface area is 122 Å². The van der Waals surface area contributed by atoms with Crippen molar-refractivity contribution in [2.75, 3.05) is 0 Å². The fraction of sp³-hybridized carbons (Fsp3) is 0.706. The molecule has 0 amide bonds. The predicted octanol–water partition coefficient (Wildman–Crippen LogP) is 3.68. The average Bonchev–Trinajstić information content (AvgIpc) is 3.30. The van der Waals surface area contributed by atoms with Crippen molar-refractivity contribution in [2.24, 2.45) is 5.92 Å². The Hall–Kier alpha value is -1.09. The molecule has 1 heterocycles. The zero-order valence-corrected chi connectivity index (χ0v) is 12.5. The smallest absolute Gasteiger partial charge is 0.213 e. The molecular weight excluding hydrogens is 248 g/mol. The summed E-state index contributed by atoms with van der Waals surface area (Å²) in [4.78, 5) is 4.63. The molecule has 0 spiro atoms. The molecule has 3 heteroatoms. The Kier molecular flexibility index (Phi) is 4.56. The summed E-state index contributed by atoms with van der Waals surface area (Å²) < 4.78 is 6.11. The van der Waals surface area contributed by atoms with Crippen molar-refractivity contribution in [3.05, 3.63) is 23.9 Å². The molecular formula is C17H26N2O. The third-order valence-corrected chi connectivity index (χ3v) is 4.53. The van der Waals surface area contributed by atoms with Crippen molar-refractivity contribution < 1.29 is 4.74 Å². The molecule has 3 rings (SSSR count). The summed E-state index contributed by atoms with van der Waals surface area (Å²) in [6.45, 7) is 3.15. The van der Waals surface area contributed by atoms with Gasteiger partial charge < -0.3 is 10.1 Å². The van der Waals surface area contributed by atoms with Crippen molar-refractivity contribution in [1.29, 1.82) is 0 Å². The molecule has 2 aliphatic carbocycles. The summed E-state index contributed by atoms with van der Waals surface area (Å²) >= 11 is 0. The highest BCUT2D eigenvalue weighted by molar-refractivity contribution is 5.16. The molecule has 2 unspecified atom stereocenters. The Balaban J connectivity index is 1.54. The second kappa shape index (κ2) is 6.57. The first-order chi connectivity index (χ1) is 9.83. The number of ether oxygens (including phenoxy) is 1. The van der Waals surface area contributed by atoms with Gasteiger partial charge in [0.1, 0.15) is 6.10 Å².